The van der Waals surface area contributed by atoms with E-state index in [1.807, 2.05) is 32.6 Å². The Morgan fingerprint density at radius 2 is 0.559 bits per heavy atom. The molecule has 4 aromatic rings. The van der Waals surface area contributed by atoms with Crippen molar-refractivity contribution in [2.45, 2.75) is 26.7 Å². The van der Waals surface area contributed by atoms with E-state index < -0.39 is 226 Å². The van der Waals surface area contributed by atoms with Crippen LogP contribution in [0.15, 0.2) is 78.9 Å². The summed E-state index contributed by atoms with van der Waals surface area (Å²) in [7, 11) is -40.5. The molecule has 4 rings (SSSR count). The summed E-state index contributed by atoms with van der Waals surface area (Å²) in [5, 5.41) is 72.8. The molecule has 0 aromatic heterocycles. The summed E-state index contributed by atoms with van der Waals surface area (Å²) in [6.07, 6.45) is -10.9. The highest BCUT2D eigenvalue weighted by Crippen LogP contribution is 2.50. The van der Waals surface area contributed by atoms with Crippen LogP contribution in [-0.4, -0.2) is 231 Å². The van der Waals surface area contributed by atoms with E-state index in [1.54, 1.807) is 31.2 Å². The van der Waals surface area contributed by atoms with Gasteiger partial charge in [0.2, 0.25) is 5.91 Å². The van der Waals surface area contributed by atoms with Crippen LogP contribution in [-0.2, 0) is 113 Å². The van der Waals surface area contributed by atoms with E-state index in [-0.39, 0.29) is 34.8 Å². The van der Waals surface area contributed by atoms with Gasteiger partial charge in [-0.1, -0.05) is 17.7 Å². The second kappa shape index (κ2) is 43.4. The van der Waals surface area contributed by atoms with E-state index >= 15 is 0 Å². The first kappa shape index (κ1) is 96.3. The SMILES string of the molecule is Cc1ccc(OCc2cc(OCc3cc(C(=O)CNC(=O)CN(CP(=O)(O)OO)CP(=O)(O)OO)cc(C(=O)NNC(=O)CN(CP(=O)(O)OO)CP(=O)(O)OO)c3)cc(OCc3cc(C(=O)NNC(=O)CN(CP(=O)(O)OO)CP(=O)(O)OO)cc(C(=O)NNC(=O)CN(CP(=O)(O)OO)CP(=O)(O)OO)c3)c2)cc1. The molecule has 0 aliphatic carbocycles. The first-order chi connectivity index (χ1) is 51.6. The summed E-state index contributed by atoms with van der Waals surface area (Å²) in [6, 6.07) is 16.5. The molecule has 0 saturated carbocycles. The predicted molar refractivity (Wildman–Crippen MR) is 362 cm³/mol. The normalized spacial score (nSPS) is 16.0. The van der Waals surface area contributed by atoms with Crippen molar-refractivity contribution in [3.05, 3.63) is 123 Å². The summed E-state index contributed by atoms with van der Waals surface area (Å²) in [5.41, 5.74) is 9.94. The number of hydrogen-bond donors (Lipinski definition) is 23. The maximum atomic E-state index is 13.9. The maximum absolute atomic E-state index is 13.9. The Morgan fingerprint density at radius 3 is 0.838 bits per heavy atom. The van der Waals surface area contributed by atoms with Crippen molar-refractivity contribution in [2.75, 3.05) is 83.0 Å². The molecule has 8 unspecified atom stereocenters. The van der Waals surface area contributed by atoms with Crippen molar-refractivity contribution in [1.29, 1.82) is 0 Å². The van der Waals surface area contributed by atoms with Crippen molar-refractivity contribution >= 4 is 108 Å². The first-order valence-corrected chi connectivity index (χ1v) is 43.7. The number of hydrogen-bond acceptors (Lipinski definition) is 39. The van der Waals surface area contributed by atoms with Crippen LogP contribution in [0.25, 0.3) is 0 Å². The van der Waals surface area contributed by atoms with Gasteiger partial charge < -0.3 is 58.7 Å². The molecule has 111 heavy (non-hydrogen) atoms. The second-order valence-electron chi connectivity index (χ2n) is 22.7. The average Bonchev–Trinajstić information content (AvgIpc) is 0.830. The molecule has 0 heterocycles. The molecule has 0 aliphatic rings. The van der Waals surface area contributed by atoms with E-state index in [4.69, 9.17) is 56.3 Å². The molecule has 4 aromatic carbocycles. The summed E-state index contributed by atoms with van der Waals surface area (Å²) in [6.45, 7) is -5.63. The van der Waals surface area contributed by atoms with Crippen molar-refractivity contribution < 1.29 is 208 Å². The Labute approximate surface area is 621 Å². The van der Waals surface area contributed by atoms with Gasteiger partial charge in [0.1, 0.15) is 87.4 Å². The number of rotatable bonds is 47. The number of benzene rings is 4. The molecule has 62 heteroatoms. The van der Waals surface area contributed by atoms with Crippen LogP contribution < -0.4 is 52.1 Å². The lowest BCUT2D eigenvalue weighted by Gasteiger charge is -2.23. The minimum absolute atomic E-state index is 0.123. The number of nitrogens with zero attached hydrogens (tertiary/aromatic N) is 4. The highest BCUT2D eigenvalue weighted by atomic mass is 31.2. The number of nitrogens with one attached hydrogen (secondary N) is 7. The summed E-state index contributed by atoms with van der Waals surface area (Å²) in [4.78, 5) is 187. The van der Waals surface area contributed by atoms with E-state index in [1.165, 1.54) is 18.2 Å². The second-order valence-corrected chi connectivity index (χ2v) is 36.5. The molecule has 0 spiro atoms. The molecular weight excluding hydrogens is 1680 g/mol. The quantitative estimate of drug-likeness (QED) is 0.0124. The van der Waals surface area contributed by atoms with Gasteiger partial charge in [-0.3, -0.25) is 127 Å². The fourth-order valence-electron chi connectivity index (χ4n) is 8.79. The predicted octanol–water partition coefficient (Wildman–Crippen LogP) is 0.582. The third-order valence-electron chi connectivity index (χ3n) is 13.2. The van der Waals surface area contributed by atoms with Gasteiger partial charge in [-0.05, 0) is 84.3 Å². The van der Waals surface area contributed by atoms with Gasteiger partial charge in [0.15, 0.2) is 5.78 Å². The minimum atomic E-state index is -5.07. The van der Waals surface area contributed by atoms with E-state index in [2.05, 4.69) is 42.7 Å². The number of amides is 7. The minimum Gasteiger partial charge on any atom is -0.489 e. The van der Waals surface area contributed by atoms with Crippen LogP contribution in [0.1, 0.15) is 63.7 Å². The van der Waals surface area contributed by atoms with Crippen molar-refractivity contribution in [3.63, 3.8) is 0 Å². The summed E-state index contributed by atoms with van der Waals surface area (Å²) < 4.78 is 143. The monoisotopic (exact) mass is 1750 g/mol. The molecule has 23 N–H and O–H groups in total. The van der Waals surface area contributed by atoms with E-state index in [0.29, 0.717) is 25.3 Å². The molecule has 0 fully saturated rings. The lowest BCUT2D eigenvalue weighted by atomic mass is 10.0. The average molecular weight is 1750 g/mol. The van der Waals surface area contributed by atoms with E-state index in [0.717, 1.165) is 42.0 Å². The Bertz CT molecular complexity index is 3820. The van der Waals surface area contributed by atoms with Gasteiger partial charge >= 0.3 is 60.8 Å². The van der Waals surface area contributed by atoms with Crippen molar-refractivity contribution in [2.24, 2.45) is 0 Å². The Balaban J connectivity index is 1.80. The van der Waals surface area contributed by atoms with Crippen LogP contribution in [0, 0.1) is 6.92 Å². The van der Waals surface area contributed by atoms with Crippen molar-refractivity contribution in [1.82, 2.24) is 57.5 Å². The molecule has 8 atom stereocenters. The van der Waals surface area contributed by atoms with Crippen molar-refractivity contribution in [3.8, 4) is 17.2 Å². The third kappa shape index (κ3) is 36.3. The fraction of sp³-hybridized carbons (Fsp3) is 0.347. The number of ether oxygens (including phenoxy) is 3. The maximum Gasteiger partial charge on any atom is 0.368 e. The van der Waals surface area contributed by atoms with Crippen LogP contribution in [0.4, 0.5) is 0 Å². The number of hydrazine groups is 3. The standard InChI is InChI=1S/C49H71N11O43P8/c1-31-2-4-39(5-3-31)93-22-34-10-40(94-20-32-6-35(42(61)15-50-43(62)16-57(23-104(77,78)96-69)24-105(79,80)97-70)12-36(7-32)47(66)54-51-44(63)17-58(25-106(81,82)98-71)26-107(83,84)99-72)14-41(11-34)95-21-33-8-37(48(67)55-52-45(64)18-59(27-108(85,86)100-73)28-109(87,88)101-74)13-38(9-33)49(68)56-53-46(65)19-60(29-110(89,90)102-75)30-111(91,92)103-76/h2-14,69-76H,15-30H2,1H3,(H,50,62)(H,51,63)(H,52,64)(H,53,65)(H,54,66)(H,55,67)(H,56,68)(H,77,78)(H,79,80)(H,81,82)(H,83,84)(H,85,86)(H,87,88)(H,89,90)(H,91,92). The van der Waals surface area contributed by atoms with Gasteiger partial charge in [0, 0.05) is 28.3 Å². The molecule has 0 saturated heterocycles. The lowest BCUT2D eigenvalue weighted by Crippen LogP contribution is -2.47. The first-order valence-electron chi connectivity index (χ1n) is 29.6. The zero-order valence-corrected chi connectivity index (χ0v) is 63.5. The highest BCUT2D eigenvalue weighted by Gasteiger charge is 2.37. The largest absolute Gasteiger partial charge is 0.489 e. The number of carbonyl (C=O) groups excluding carboxylic acids is 8. The summed E-state index contributed by atoms with van der Waals surface area (Å²) >= 11 is 0. The molecule has 7 amide bonds. The number of Topliss-reactive ketones (excluding diaryl/α,β-unsaturated/α-hetero) is 1. The van der Waals surface area contributed by atoms with Gasteiger partial charge in [-0.15, -0.1) is 0 Å². The third-order valence-corrected chi connectivity index (χ3v) is 21.3. The van der Waals surface area contributed by atoms with E-state index in [9.17, 15) is 114 Å². The molecule has 0 bridgehead atoms. The van der Waals surface area contributed by atoms with Crippen LogP contribution in [0.2, 0.25) is 0 Å². The molecule has 0 aliphatic heterocycles. The highest BCUT2D eigenvalue weighted by molar-refractivity contribution is 7.55. The zero-order valence-electron chi connectivity index (χ0n) is 56.4. The van der Waals surface area contributed by atoms with Crippen LogP contribution in [0.5, 0.6) is 17.2 Å². The molecule has 0 radical (unpaired) electrons. The lowest BCUT2D eigenvalue weighted by molar-refractivity contribution is -0.150. The number of ketones is 1. The molecule has 620 valence electrons. The fourth-order valence-corrected chi connectivity index (χ4v) is 15.5. The van der Waals surface area contributed by atoms with Gasteiger partial charge in [-0.2, -0.15) is 37.4 Å². The molecular formula is C49H71N11O43P8. The number of aryl methyl sites for hydroxylation is 1. The Hall–Kier alpha value is -7.04. The van der Waals surface area contributed by atoms with Gasteiger partial charge in [0.25, 0.3) is 35.4 Å². The summed E-state index contributed by atoms with van der Waals surface area (Å²) in [5.74, 6) is -10.3. The van der Waals surface area contributed by atoms with Crippen LogP contribution in [0.3, 0.4) is 0 Å². The Morgan fingerprint density at radius 1 is 0.315 bits per heavy atom. The number of carbonyl (C=O) groups is 8. The topological polar surface area (TPSA) is 796 Å². The van der Waals surface area contributed by atoms with Gasteiger partial charge in [0.05, 0.1) is 32.7 Å². The van der Waals surface area contributed by atoms with Gasteiger partial charge in [-0.25, -0.2) is 42.1 Å². The van der Waals surface area contributed by atoms with Crippen LogP contribution >= 0.6 is 60.8 Å². The Kier molecular flexibility index (Phi) is 37.7. The molecule has 54 nitrogen and oxygen atoms in total. The smallest absolute Gasteiger partial charge is 0.368 e. The zero-order chi connectivity index (χ0) is 83.5.